The predicted molar refractivity (Wildman–Crippen MR) is 95.6 cm³/mol. The summed E-state index contributed by atoms with van der Waals surface area (Å²) in [5.41, 5.74) is 0.537. The first-order valence-corrected chi connectivity index (χ1v) is 9.14. The molecule has 0 amide bonds. The molecule has 1 aliphatic carbocycles. The zero-order valence-corrected chi connectivity index (χ0v) is 14.2. The van der Waals surface area contributed by atoms with E-state index in [1.54, 1.807) is 10.6 Å². The first kappa shape index (κ1) is 15.8. The number of piperazine rings is 1. The molecule has 3 fully saturated rings. The number of hydrogen-bond acceptors (Lipinski definition) is 4. The van der Waals surface area contributed by atoms with Crippen LogP contribution in [0.15, 0.2) is 23.0 Å². The summed E-state index contributed by atoms with van der Waals surface area (Å²) < 4.78 is 16.5. The number of nitrogens with zero attached hydrogens (tertiary/aromatic N) is 2. The Kier molecular flexibility index (Phi) is 3.37. The van der Waals surface area contributed by atoms with Crippen molar-refractivity contribution in [2.24, 2.45) is 0 Å². The Morgan fingerprint density at radius 3 is 2.42 bits per heavy atom. The number of pyridine rings is 1. The van der Waals surface area contributed by atoms with Crippen LogP contribution in [0.25, 0.3) is 10.9 Å². The highest BCUT2D eigenvalue weighted by molar-refractivity contribution is 5.92. The molecule has 3 heterocycles. The smallest absolute Gasteiger partial charge is 0.352 e. The van der Waals surface area contributed by atoms with Crippen LogP contribution in [0.5, 0.6) is 0 Å². The summed E-state index contributed by atoms with van der Waals surface area (Å²) in [6.45, 7) is 1.45. The molecule has 5 rings (SSSR count). The average molecular weight is 357 g/mol. The largest absolute Gasteiger partial charge is 0.477 e. The van der Waals surface area contributed by atoms with Gasteiger partial charge >= 0.3 is 5.97 Å². The second kappa shape index (κ2) is 5.54. The van der Waals surface area contributed by atoms with Crippen molar-refractivity contribution in [3.05, 3.63) is 39.9 Å². The van der Waals surface area contributed by atoms with Gasteiger partial charge in [0.2, 0.25) is 0 Å². The SMILES string of the molecule is O=C(O)c1cc(=O)c2cc(F)c(N3CC4CCC(C3)N4)cc2n1C1CC1. The Labute approximate surface area is 149 Å². The van der Waals surface area contributed by atoms with Gasteiger partial charge in [-0.1, -0.05) is 0 Å². The fraction of sp³-hybridized carbons (Fsp3) is 0.474. The second-order valence-electron chi connectivity index (χ2n) is 7.66. The Morgan fingerprint density at radius 1 is 1.12 bits per heavy atom. The van der Waals surface area contributed by atoms with Gasteiger partial charge in [0, 0.05) is 42.7 Å². The molecule has 1 saturated carbocycles. The molecule has 2 bridgehead atoms. The van der Waals surface area contributed by atoms with Crippen LogP contribution in [0.3, 0.4) is 0 Å². The number of carbonyl (C=O) groups is 1. The fourth-order valence-electron chi connectivity index (χ4n) is 4.48. The number of benzene rings is 1. The van der Waals surface area contributed by atoms with Crippen LogP contribution in [0.1, 0.15) is 42.2 Å². The van der Waals surface area contributed by atoms with E-state index in [1.807, 2.05) is 4.90 Å². The zero-order chi connectivity index (χ0) is 18.0. The van der Waals surface area contributed by atoms with Crippen molar-refractivity contribution in [2.75, 3.05) is 18.0 Å². The lowest BCUT2D eigenvalue weighted by atomic mass is 10.1. The van der Waals surface area contributed by atoms with E-state index in [-0.39, 0.29) is 17.1 Å². The summed E-state index contributed by atoms with van der Waals surface area (Å²) in [5, 5.41) is 13.3. The molecule has 2 unspecified atom stereocenters. The van der Waals surface area contributed by atoms with Crippen molar-refractivity contribution in [3.63, 3.8) is 0 Å². The molecule has 3 aliphatic rings. The monoisotopic (exact) mass is 357 g/mol. The van der Waals surface area contributed by atoms with E-state index in [4.69, 9.17) is 0 Å². The average Bonchev–Trinajstić information content (AvgIpc) is 3.39. The Hall–Kier alpha value is -2.41. The molecule has 0 radical (unpaired) electrons. The van der Waals surface area contributed by atoms with Crippen LogP contribution in [-0.4, -0.2) is 40.8 Å². The van der Waals surface area contributed by atoms with Gasteiger partial charge in [0.1, 0.15) is 11.5 Å². The minimum Gasteiger partial charge on any atom is -0.477 e. The van der Waals surface area contributed by atoms with Crippen LogP contribution in [0.2, 0.25) is 0 Å². The number of carboxylic acid groups (broad SMARTS) is 1. The second-order valence-corrected chi connectivity index (χ2v) is 7.66. The summed E-state index contributed by atoms with van der Waals surface area (Å²) in [5.74, 6) is -1.54. The zero-order valence-electron chi connectivity index (χ0n) is 14.2. The van der Waals surface area contributed by atoms with Crippen LogP contribution < -0.4 is 15.6 Å². The highest BCUT2D eigenvalue weighted by atomic mass is 19.1. The molecule has 2 aromatic rings. The number of fused-ring (bicyclic) bond motifs is 3. The van der Waals surface area contributed by atoms with Crippen molar-refractivity contribution >= 4 is 22.6 Å². The van der Waals surface area contributed by atoms with Crippen LogP contribution in [-0.2, 0) is 0 Å². The van der Waals surface area contributed by atoms with E-state index in [2.05, 4.69) is 5.32 Å². The number of anilines is 1. The van der Waals surface area contributed by atoms with Gasteiger partial charge in [-0.15, -0.1) is 0 Å². The van der Waals surface area contributed by atoms with E-state index in [0.717, 1.165) is 44.8 Å². The molecule has 0 spiro atoms. The van der Waals surface area contributed by atoms with Crippen molar-refractivity contribution in [1.29, 1.82) is 0 Å². The van der Waals surface area contributed by atoms with Crippen molar-refractivity contribution in [1.82, 2.24) is 9.88 Å². The first-order chi connectivity index (χ1) is 12.5. The maximum Gasteiger partial charge on any atom is 0.352 e. The maximum absolute atomic E-state index is 14.8. The summed E-state index contributed by atoms with van der Waals surface area (Å²) >= 11 is 0. The number of aromatic carboxylic acids is 1. The van der Waals surface area contributed by atoms with E-state index < -0.39 is 17.2 Å². The molecule has 136 valence electrons. The van der Waals surface area contributed by atoms with E-state index >= 15 is 0 Å². The van der Waals surface area contributed by atoms with Gasteiger partial charge in [0.05, 0.1) is 11.2 Å². The minimum absolute atomic E-state index is 0.0112. The molecule has 1 aromatic carbocycles. The van der Waals surface area contributed by atoms with E-state index in [1.165, 1.54) is 6.07 Å². The normalized spacial score (nSPS) is 25.0. The van der Waals surface area contributed by atoms with Crippen LogP contribution >= 0.6 is 0 Å². The molecule has 26 heavy (non-hydrogen) atoms. The van der Waals surface area contributed by atoms with Gasteiger partial charge in [-0.3, -0.25) is 4.79 Å². The highest BCUT2D eigenvalue weighted by Crippen LogP contribution is 2.39. The number of nitrogens with one attached hydrogen (secondary N) is 1. The topological polar surface area (TPSA) is 74.6 Å². The van der Waals surface area contributed by atoms with Gasteiger partial charge in [0.15, 0.2) is 5.43 Å². The Morgan fingerprint density at radius 2 is 1.81 bits per heavy atom. The third-order valence-corrected chi connectivity index (χ3v) is 5.81. The number of hydrogen-bond donors (Lipinski definition) is 2. The van der Waals surface area contributed by atoms with Crippen molar-refractivity contribution < 1.29 is 14.3 Å². The van der Waals surface area contributed by atoms with Gasteiger partial charge in [0.25, 0.3) is 0 Å². The van der Waals surface area contributed by atoms with E-state index in [0.29, 0.717) is 23.3 Å². The minimum atomic E-state index is -1.12. The van der Waals surface area contributed by atoms with Gasteiger partial charge < -0.3 is 19.9 Å². The summed E-state index contributed by atoms with van der Waals surface area (Å²) in [4.78, 5) is 26.1. The molecule has 7 heteroatoms. The number of carboxylic acids is 1. The van der Waals surface area contributed by atoms with E-state index in [9.17, 15) is 19.1 Å². The van der Waals surface area contributed by atoms with Gasteiger partial charge in [-0.2, -0.15) is 0 Å². The van der Waals surface area contributed by atoms with Crippen LogP contribution in [0, 0.1) is 5.82 Å². The molecule has 6 nitrogen and oxygen atoms in total. The summed E-state index contributed by atoms with van der Waals surface area (Å²) in [7, 11) is 0. The molecule has 2 saturated heterocycles. The Balaban J connectivity index is 1.71. The van der Waals surface area contributed by atoms with Gasteiger partial charge in [-0.05, 0) is 37.8 Å². The lowest BCUT2D eigenvalue weighted by Crippen LogP contribution is -2.51. The summed E-state index contributed by atoms with van der Waals surface area (Å²) in [6, 6.07) is 4.87. The molecular weight excluding hydrogens is 337 g/mol. The lowest BCUT2D eigenvalue weighted by molar-refractivity contribution is 0.0684. The highest BCUT2D eigenvalue weighted by Gasteiger charge is 2.34. The predicted octanol–water partition coefficient (Wildman–Crippen LogP) is 2.11. The standard InChI is InChI=1S/C19H20FN3O3/c20-14-5-13-15(6-16(14)22-8-10-1-2-11(9-22)21-10)23(12-3-4-12)17(19(25)26)7-18(13)24/h5-7,10-12,21H,1-4,8-9H2,(H,25,26). The van der Waals surface area contributed by atoms with Crippen LogP contribution in [0.4, 0.5) is 10.1 Å². The van der Waals surface area contributed by atoms with Gasteiger partial charge in [-0.25, -0.2) is 9.18 Å². The first-order valence-electron chi connectivity index (χ1n) is 9.14. The molecular formula is C19H20FN3O3. The Bertz CT molecular complexity index is 970. The molecule has 1 aromatic heterocycles. The molecule has 2 atom stereocenters. The third kappa shape index (κ3) is 2.41. The fourth-order valence-corrected chi connectivity index (χ4v) is 4.48. The quantitative estimate of drug-likeness (QED) is 0.880. The molecule has 2 N–H and O–H groups in total. The summed E-state index contributed by atoms with van der Waals surface area (Å²) in [6.07, 6.45) is 3.93. The third-order valence-electron chi connectivity index (χ3n) is 5.81. The number of aromatic nitrogens is 1. The molecule has 2 aliphatic heterocycles. The number of halogens is 1. The van der Waals surface area contributed by atoms with Crippen molar-refractivity contribution in [3.8, 4) is 0 Å². The lowest BCUT2D eigenvalue weighted by Gasteiger charge is -2.35. The number of rotatable bonds is 3. The maximum atomic E-state index is 14.8. The van der Waals surface area contributed by atoms with Crippen molar-refractivity contribution in [2.45, 2.75) is 43.8 Å².